The average Bonchev–Trinajstić information content (AvgIpc) is 2.30. The number of carboxylic acid groups (broad SMARTS) is 1. The lowest BCUT2D eigenvalue weighted by Crippen LogP contribution is -2.73. The van der Waals surface area contributed by atoms with Crippen LogP contribution < -0.4 is 16.0 Å². The number of unbranched alkanes of at least 4 members (excludes halogenated alkanes) is 1. The van der Waals surface area contributed by atoms with E-state index in [2.05, 4.69) is 16.0 Å². The van der Waals surface area contributed by atoms with Gasteiger partial charge < -0.3 is 10.4 Å². The predicted molar refractivity (Wildman–Crippen MR) is 66.7 cm³/mol. The number of hydrogen-bond donors (Lipinski definition) is 5. The molecule has 0 aromatic carbocycles. The number of carboxylic acids is 1. The first-order chi connectivity index (χ1) is 9.28. The van der Waals surface area contributed by atoms with Crippen LogP contribution in [0.4, 0.5) is 0 Å². The van der Waals surface area contributed by atoms with Gasteiger partial charge in [-0.05, 0) is 19.3 Å². The summed E-state index contributed by atoms with van der Waals surface area (Å²) in [7, 11) is 0. The minimum Gasteiger partial charge on any atom is -0.481 e. The molecule has 20 heavy (non-hydrogen) atoms. The van der Waals surface area contributed by atoms with Gasteiger partial charge in [0.25, 0.3) is 11.8 Å². The van der Waals surface area contributed by atoms with Crippen LogP contribution in [0.15, 0.2) is 0 Å². The van der Waals surface area contributed by atoms with Crippen molar-refractivity contribution >= 4 is 29.7 Å². The first-order valence-corrected chi connectivity index (χ1v) is 6.00. The van der Waals surface area contributed by atoms with Crippen molar-refractivity contribution in [1.29, 1.82) is 5.41 Å². The van der Waals surface area contributed by atoms with Gasteiger partial charge in [-0.3, -0.25) is 35.2 Å². The minimum absolute atomic E-state index is 0.0369. The molecule has 9 heteroatoms. The zero-order valence-electron chi connectivity index (χ0n) is 10.9. The third-order valence-electron chi connectivity index (χ3n) is 2.83. The first kappa shape index (κ1) is 15.6. The van der Waals surface area contributed by atoms with E-state index < -0.39 is 35.2 Å². The summed E-state index contributed by atoms with van der Waals surface area (Å²) < 4.78 is 0. The fraction of sp³-hybridized carbons (Fsp3) is 0.545. The smallest absolute Gasteiger partial charge is 0.303 e. The normalized spacial score (nSPS) is 21.9. The summed E-state index contributed by atoms with van der Waals surface area (Å²) in [5.74, 6) is -3.58. The Morgan fingerprint density at radius 2 is 1.80 bits per heavy atom. The van der Waals surface area contributed by atoms with Gasteiger partial charge in [-0.25, -0.2) is 0 Å². The van der Waals surface area contributed by atoms with E-state index in [1.165, 1.54) is 6.92 Å². The summed E-state index contributed by atoms with van der Waals surface area (Å²) in [6, 6.07) is 0. The Balaban J connectivity index is 2.83. The molecular weight excluding hydrogens is 268 g/mol. The van der Waals surface area contributed by atoms with Crippen LogP contribution in [0.3, 0.4) is 0 Å². The van der Waals surface area contributed by atoms with E-state index in [0.717, 1.165) is 0 Å². The Labute approximate surface area is 114 Å². The molecule has 0 radical (unpaired) electrons. The molecule has 0 bridgehead atoms. The van der Waals surface area contributed by atoms with Crippen LogP contribution in [0.2, 0.25) is 0 Å². The molecule has 0 unspecified atom stereocenters. The maximum atomic E-state index is 12.0. The van der Waals surface area contributed by atoms with E-state index in [1.807, 2.05) is 0 Å². The van der Waals surface area contributed by atoms with Crippen LogP contribution in [0.1, 0.15) is 32.6 Å². The second kappa shape index (κ2) is 6.13. The van der Waals surface area contributed by atoms with E-state index in [0.29, 0.717) is 0 Å². The zero-order chi connectivity index (χ0) is 15.3. The van der Waals surface area contributed by atoms with Crippen molar-refractivity contribution in [2.75, 3.05) is 0 Å². The van der Waals surface area contributed by atoms with E-state index in [1.54, 1.807) is 0 Å². The summed E-state index contributed by atoms with van der Waals surface area (Å²) >= 11 is 0. The number of guanidine groups is 1. The molecule has 3 amide bonds. The van der Waals surface area contributed by atoms with E-state index in [4.69, 9.17) is 10.5 Å². The summed E-state index contributed by atoms with van der Waals surface area (Å²) in [5, 5.41) is 22.3. The molecule has 1 heterocycles. The third-order valence-corrected chi connectivity index (χ3v) is 2.83. The number of carbonyl (C=O) groups is 4. The topological polar surface area (TPSA) is 148 Å². The molecule has 0 atom stereocenters. The second-order valence-corrected chi connectivity index (χ2v) is 4.47. The van der Waals surface area contributed by atoms with Crippen molar-refractivity contribution in [2.24, 2.45) is 0 Å². The molecule has 1 aliphatic rings. The molecule has 1 rings (SSSR count). The third kappa shape index (κ3) is 3.53. The van der Waals surface area contributed by atoms with Crippen molar-refractivity contribution in [1.82, 2.24) is 16.0 Å². The zero-order valence-corrected chi connectivity index (χ0v) is 10.9. The molecule has 110 valence electrons. The molecule has 1 saturated heterocycles. The number of amides is 3. The molecule has 1 fully saturated rings. The van der Waals surface area contributed by atoms with Gasteiger partial charge in [-0.15, -0.1) is 0 Å². The Morgan fingerprint density at radius 1 is 1.25 bits per heavy atom. The predicted octanol–water partition coefficient (Wildman–Crippen LogP) is -1.31. The van der Waals surface area contributed by atoms with Crippen LogP contribution in [0.5, 0.6) is 0 Å². The SMILES string of the molecule is CC(=O)NC1(CCCCC(=O)O)C(=O)NC(=N)NC1=O. The van der Waals surface area contributed by atoms with Gasteiger partial charge in [-0.2, -0.15) is 0 Å². The van der Waals surface area contributed by atoms with Crippen LogP contribution >= 0.6 is 0 Å². The van der Waals surface area contributed by atoms with E-state index >= 15 is 0 Å². The lowest BCUT2D eigenvalue weighted by atomic mass is 9.88. The van der Waals surface area contributed by atoms with Gasteiger partial charge in [0.15, 0.2) is 5.54 Å². The van der Waals surface area contributed by atoms with Crippen LogP contribution in [0.25, 0.3) is 0 Å². The minimum atomic E-state index is -1.80. The monoisotopic (exact) mass is 284 g/mol. The van der Waals surface area contributed by atoms with Crippen molar-refractivity contribution in [3.05, 3.63) is 0 Å². The average molecular weight is 284 g/mol. The Bertz CT molecular complexity index is 453. The molecule has 0 aromatic rings. The van der Waals surface area contributed by atoms with Crippen molar-refractivity contribution in [2.45, 2.75) is 38.1 Å². The Hall–Kier alpha value is -2.45. The highest BCUT2D eigenvalue weighted by molar-refractivity contribution is 6.23. The van der Waals surface area contributed by atoms with Gasteiger partial charge in [0.05, 0.1) is 0 Å². The van der Waals surface area contributed by atoms with Crippen LogP contribution in [-0.2, 0) is 19.2 Å². The second-order valence-electron chi connectivity index (χ2n) is 4.47. The fourth-order valence-corrected chi connectivity index (χ4v) is 1.94. The van der Waals surface area contributed by atoms with E-state index in [9.17, 15) is 19.2 Å². The van der Waals surface area contributed by atoms with Gasteiger partial charge in [-0.1, -0.05) is 0 Å². The quantitative estimate of drug-likeness (QED) is 0.303. The molecule has 5 N–H and O–H groups in total. The number of rotatable bonds is 6. The Kier molecular flexibility index (Phi) is 4.78. The van der Waals surface area contributed by atoms with Gasteiger partial charge in [0, 0.05) is 13.3 Å². The van der Waals surface area contributed by atoms with Gasteiger partial charge in [0.2, 0.25) is 11.9 Å². The molecule has 0 aliphatic carbocycles. The molecule has 0 aromatic heterocycles. The number of carbonyl (C=O) groups excluding carboxylic acids is 3. The van der Waals surface area contributed by atoms with Crippen molar-refractivity contribution in [3.63, 3.8) is 0 Å². The fourth-order valence-electron chi connectivity index (χ4n) is 1.94. The standard InChI is InChI=1S/C11H16N4O5/c1-6(16)15-11(5-3-2-4-7(17)18)8(19)13-10(12)14-9(11)20/h2-5H2,1H3,(H,15,16)(H,17,18)(H3,12,13,14,19,20). The van der Waals surface area contributed by atoms with Crippen molar-refractivity contribution in [3.8, 4) is 0 Å². The highest BCUT2D eigenvalue weighted by Gasteiger charge is 2.49. The maximum absolute atomic E-state index is 12.0. The Morgan fingerprint density at radius 3 is 2.25 bits per heavy atom. The molecule has 0 saturated carbocycles. The lowest BCUT2D eigenvalue weighted by Gasteiger charge is -2.35. The van der Waals surface area contributed by atoms with E-state index in [-0.39, 0.29) is 25.7 Å². The first-order valence-electron chi connectivity index (χ1n) is 6.00. The van der Waals surface area contributed by atoms with Crippen LogP contribution in [-0.4, -0.2) is 40.3 Å². The molecule has 0 spiro atoms. The maximum Gasteiger partial charge on any atom is 0.303 e. The summed E-state index contributed by atoms with van der Waals surface area (Å²) in [5.41, 5.74) is -1.80. The van der Waals surface area contributed by atoms with Gasteiger partial charge >= 0.3 is 5.97 Å². The van der Waals surface area contributed by atoms with Crippen LogP contribution in [0, 0.1) is 5.41 Å². The van der Waals surface area contributed by atoms with Gasteiger partial charge in [0.1, 0.15) is 0 Å². The highest BCUT2D eigenvalue weighted by atomic mass is 16.4. The molecular formula is C11H16N4O5. The van der Waals surface area contributed by atoms with Crippen molar-refractivity contribution < 1.29 is 24.3 Å². The molecule has 1 aliphatic heterocycles. The number of aliphatic carboxylic acids is 1. The largest absolute Gasteiger partial charge is 0.481 e. The lowest BCUT2D eigenvalue weighted by molar-refractivity contribution is -0.143. The highest BCUT2D eigenvalue weighted by Crippen LogP contribution is 2.18. The summed E-state index contributed by atoms with van der Waals surface area (Å²) in [6.07, 6.45) is 0.412. The number of nitrogens with one attached hydrogen (secondary N) is 4. The number of hydrogen-bond acceptors (Lipinski definition) is 5. The summed E-state index contributed by atoms with van der Waals surface area (Å²) in [4.78, 5) is 45.5. The molecule has 9 nitrogen and oxygen atoms in total. The summed E-state index contributed by atoms with van der Waals surface area (Å²) in [6.45, 7) is 1.17.